The lowest BCUT2D eigenvalue weighted by atomic mass is 10.2. The topological polar surface area (TPSA) is 38.7 Å². The molecule has 0 amide bonds. The molecule has 3 nitrogen and oxygen atoms in total. The highest BCUT2D eigenvalue weighted by atomic mass is 28.4. The van der Waals surface area contributed by atoms with Gasteiger partial charge in [0, 0.05) is 6.42 Å². The summed E-state index contributed by atoms with van der Waals surface area (Å²) in [5.41, 5.74) is 0. The molecule has 90 valence electrons. The lowest BCUT2D eigenvalue weighted by Gasteiger charge is -2.36. The van der Waals surface area contributed by atoms with Crippen LogP contribution < -0.4 is 0 Å². The minimum Gasteiger partial charge on any atom is -0.414 e. The molecule has 0 spiro atoms. The van der Waals surface area contributed by atoms with E-state index in [4.69, 9.17) is 9.16 Å². The Hall–Kier alpha value is 0.0969. The summed E-state index contributed by atoms with van der Waals surface area (Å²) < 4.78 is 11.4. The molecule has 0 saturated carbocycles. The molecule has 15 heavy (non-hydrogen) atoms. The van der Waals surface area contributed by atoms with Crippen molar-refractivity contribution in [3.8, 4) is 0 Å². The van der Waals surface area contributed by atoms with Crippen molar-refractivity contribution in [1.29, 1.82) is 0 Å². The summed E-state index contributed by atoms with van der Waals surface area (Å²) in [6.45, 7) is 11.8. The first kappa shape index (κ1) is 13.2. The molecular weight excluding hydrogens is 208 g/mol. The minimum atomic E-state index is -1.66. The summed E-state index contributed by atoms with van der Waals surface area (Å²) in [7, 11) is -1.66. The third kappa shape index (κ3) is 3.55. The van der Waals surface area contributed by atoms with E-state index in [2.05, 4.69) is 33.9 Å². The zero-order valence-electron chi connectivity index (χ0n) is 10.5. The van der Waals surface area contributed by atoms with Crippen molar-refractivity contribution >= 4 is 8.32 Å². The van der Waals surface area contributed by atoms with Gasteiger partial charge < -0.3 is 14.3 Å². The maximum absolute atomic E-state index is 9.22. The van der Waals surface area contributed by atoms with Gasteiger partial charge in [-0.2, -0.15) is 0 Å². The number of hydrogen-bond donors (Lipinski definition) is 1. The summed E-state index contributed by atoms with van der Waals surface area (Å²) in [4.78, 5) is 0. The molecule has 2 atom stereocenters. The fourth-order valence-electron chi connectivity index (χ4n) is 1.33. The van der Waals surface area contributed by atoms with Crippen molar-refractivity contribution in [3.05, 3.63) is 0 Å². The zero-order chi connectivity index (χ0) is 11.7. The summed E-state index contributed by atoms with van der Waals surface area (Å²) >= 11 is 0. The standard InChI is InChI=1S/C11H24O3Si/c1-11(2,3)15(4,5)13-8-9-6-7-10(12)14-9/h9-10,12H,6-8H2,1-5H3. The van der Waals surface area contributed by atoms with E-state index in [1.54, 1.807) is 0 Å². The van der Waals surface area contributed by atoms with Gasteiger partial charge in [-0.25, -0.2) is 0 Å². The first-order valence-corrected chi connectivity index (χ1v) is 8.61. The van der Waals surface area contributed by atoms with Crippen molar-refractivity contribution in [1.82, 2.24) is 0 Å². The molecule has 1 aliphatic rings. The molecule has 1 rings (SSSR count). The van der Waals surface area contributed by atoms with Crippen molar-refractivity contribution in [2.24, 2.45) is 0 Å². The third-order valence-corrected chi connectivity index (χ3v) is 8.02. The van der Waals surface area contributed by atoms with Crippen LogP contribution in [0.3, 0.4) is 0 Å². The fourth-order valence-corrected chi connectivity index (χ4v) is 2.36. The van der Waals surface area contributed by atoms with Crippen molar-refractivity contribution in [2.75, 3.05) is 6.61 Å². The maximum Gasteiger partial charge on any atom is 0.192 e. The van der Waals surface area contributed by atoms with E-state index in [1.807, 2.05) is 0 Å². The largest absolute Gasteiger partial charge is 0.414 e. The summed E-state index contributed by atoms with van der Waals surface area (Å²) in [5, 5.41) is 9.46. The van der Waals surface area contributed by atoms with Crippen LogP contribution in [0.4, 0.5) is 0 Å². The lowest BCUT2D eigenvalue weighted by molar-refractivity contribution is -0.0995. The Morgan fingerprint density at radius 3 is 2.33 bits per heavy atom. The third-order valence-electron chi connectivity index (χ3n) is 3.52. The Kier molecular flexibility index (Phi) is 3.98. The number of hydrogen-bond acceptors (Lipinski definition) is 3. The van der Waals surface area contributed by atoms with E-state index in [1.165, 1.54) is 0 Å². The van der Waals surface area contributed by atoms with Crippen LogP contribution in [0.2, 0.25) is 18.1 Å². The molecule has 0 aromatic carbocycles. The molecule has 1 aliphatic heterocycles. The molecule has 0 aliphatic carbocycles. The fraction of sp³-hybridized carbons (Fsp3) is 1.00. The van der Waals surface area contributed by atoms with E-state index in [9.17, 15) is 5.11 Å². The molecule has 0 radical (unpaired) electrons. The Bertz CT molecular complexity index is 210. The van der Waals surface area contributed by atoms with Gasteiger partial charge in [0.25, 0.3) is 0 Å². The van der Waals surface area contributed by atoms with Gasteiger partial charge in [0.05, 0.1) is 12.7 Å². The van der Waals surface area contributed by atoms with Gasteiger partial charge in [0.15, 0.2) is 14.6 Å². The van der Waals surface area contributed by atoms with E-state index in [0.29, 0.717) is 6.61 Å². The van der Waals surface area contributed by atoms with E-state index in [-0.39, 0.29) is 11.1 Å². The van der Waals surface area contributed by atoms with Gasteiger partial charge in [-0.05, 0) is 24.6 Å². The Labute approximate surface area is 93.9 Å². The average molecular weight is 232 g/mol. The first-order chi connectivity index (χ1) is 6.72. The van der Waals surface area contributed by atoms with Crippen LogP contribution in [0.1, 0.15) is 33.6 Å². The molecule has 0 aromatic rings. The summed E-state index contributed by atoms with van der Waals surface area (Å²) in [5.74, 6) is 0. The Morgan fingerprint density at radius 1 is 1.33 bits per heavy atom. The van der Waals surface area contributed by atoms with Gasteiger partial charge in [-0.3, -0.25) is 0 Å². The monoisotopic (exact) mass is 232 g/mol. The van der Waals surface area contributed by atoms with Crippen molar-refractivity contribution in [2.45, 2.75) is 64.1 Å². The molecule has 1 fully saturated rings. The number of ether oxygens (including phenoxy) is 1. The van der Waals surface area contributed by atoms with Crippen molar-refractivity contribution in [3.63, 3.8) is 0 Å². The Balaban J connectivity index is 2.36. The smallest absolute Gasteiger partial charge is 0.192 e. The van der Waals surface area contributed by atoms with Gasteiger partial charge in [-0.1, -0.05) is 20.8 Å². The second-order valence-corrected chi connectivity index (χ2v) is 10.7. The van der Waals surface area contributed by atoms with Crippen LogP contribution in [0.5, 0.6) is 0 Å². The van der Waals surface area contributed by atoms with Crippen LogP contribution in [0.25, 0.3) is 0 Å². The lowest BCUT2D eigenvalue weighted by Crippen LogP contribution is -2.42. The van der Waals surface area contributed by atoms with Crippen molar-refractivity contribution < 1.29 is 14.3 Å². The highest BCUT2D eigenvalue weighted by Gasteiger charge is 2.38. The normalized spacial score (nSPS) is 28.4. The molecular formula is C11H24O3Si. The van der Waals surface area contributed by atoms with Gasteiger partial charge in [-0.15, -0.1) is 0 Å². The van der Waals surface area contributed by atoms with Gasteiger partial charge >= 0.3 is 0 Å². The number of rotatable bonds is 3. The van der Waals surface area contributed by atoms with E-state index < -0.39 is 14.6 Å². The second-order valence-electron chi connectivity index (χ2n) is 5.86. The zero-order valence-corrected chi connectivity index (χ0v) is 11.5. The predicted octanol–water partition coefficient (Wildman–Crippen LogP) is 2.51. The minimum absolute atomic E-state index is 0.0918. The second kappa shape index (κ2) is 4.53. The van der Waals surface area contributed by atoms with Gasteiger partial charge in [0.2, 0.25) is 0 Å². The van der Waals surface area contributed by atoms with E-state index in [0.717, 1.165) is 12.8 Å². The summed E-state index contributed by atoms with van der Waals surface area (Å²) in [6.07, 6.45) is 1.17. The predicted molar refractivity (Wildman–Crippen MR) is 63.3 cm³/mol. The molecule has 1 saturated heterocycles. The maximum atomic E-state index is 9.22. The number of aliphatic hydroxyl groups excluding tert-OH is 1. The first-order valence-electron chi connectivity index (χ1n) is 5.70. The SMILES string of the molecule is CC(C)(C)[Si](C)(C)OCC1CCC(O)O1. The van der Waals surface area contributed by atoms with Crippen LogP contribution in [0.15, 0.2) is 0 Å². The average Bonchev–Trinajstić information content (AvgIpc) is 2.46. The number of aliphatic hydroxyl groups is 1. The van der Waals surface area contributed by atoms with Crippen LogP contribution >= 0.6 is 0 Å². The highest BCUT2D eigenvalue weighted by Crippen LogP contribution is 2.37. The molecule has 1 N–H and O–H groups in total. The molecule has 4 heteroatoms. The molecule has 0 aromatic heterocycles. The molecule has 2 unspecified atom stereocenters. The quantitative estimate of drug-likeness (QED) is 0.760. The van der Waals surface area contributed by atoms with E-state index >= 15 is 0 Å². The Morgan fingerprint density at radius 2 is 1.93 bits per heavy atom. The van der Waals surface area contributed by atoms with Crippen LogP contribution in [-0.4, -0.2) is 32.4 Å². The molecule has 0 bridgehead atoms. The van der Waals surface area contributed by atoms with Gasteiger partial charge in [0.1, 0.15) is 0 Å². The van der Waals surface area contributed by atoms with Crippen LogP contribution in [0, 0.1) is 0 Å². The highest BCUT2D eigenvalue weighted by molar-refractivity contribution is 6.74. The summed E-state index contributed by atoms with van der Waals surface area (Å²) in [6, 6.07) is 0. The van der Waals surface area contributed by atoms with Crippen LogP contribution in [-0.2, 0) is 9.16 Å². The molecule has 1 heterocycles.